The van der Waals surface area contributed by atoms with Gasteiger partial charge < -0.3 is 27.4 Å². The minimum Gasteiger partial charge on any atom is -0.368 e. The summed E-state index contributed by atoms with van der Waals surface area (Å²) in [7, 11) is 0. The standard InChI is InChI=1S/C12H23N5O4/c1-5(13)10(19)16-7(3)12(21)17-8(4)11(20)15-6(2)9(14)18/h5-8H,13H2,1-4H3,(H2,14,18)(H,15,20)(H,16,19)(H,17,21)/t5-,6-,7-,8-/m1/s1. The molecule has 0 unspecified atom stereocenters. The predicted octanol–water partition coefficient (Wildman–Crippen LogP) is -2.67. The number of amides is 4. The van der Waals surface area contributed by atoms with Crippen molar-refractivity contribution in [2.45, 2.75) is 51.9 Å². The zero-order chi connectivity index (χ0) is 16.7. The van der Waals surface area contributed by atoms with E-state index in [-0.39, 0.29) is 0 Å². The van der Waals surface area contributed by atoms with E-state index in [4.69, 9.17) is 11.5 Å². The second-order valence-corrected chi connectivity index (χ2v) is 4.88. The van der Waals surface area contributed by atoms with E-state index in [9.17, 15) is 19.2 Å². The molecule has 9 heteroatoms. The van der Waals surface area contributed by atoms with E-state index in [2.05, 4.69) is 16.0 Å². The minimum atomic E-state index is -0.881. The first kappa shape index (κ1) is 18.8. The Balaban J connectivity index is 4.40. The van der Waals surface area contributed by atoms with Crippen molar-refractivity contribution in [2.24, 2.45) is 11.5 Å². The molecule has 9 nitrogen and oxygen atoms in total. The lowest BCUT2D eigenvalue weighted by atomic mass is 10.2. The number of hydrogen-bond donors (Lipinski definition) is 5. The van der Waals surface area contributed by atoms with Gasteiger partial charge in [-0.3, -0.25) is 19.2 Å². The van der Waals surface area contributed by atoms with Gasteiger partial charge in [-0.15, -0.1) is 0 Å². The number of carbonyl (C=O) groups excluding carboxylic acids is 4. The first-order valence-electron chi connectivity index (χ1n) is 6.52. The Labute approximate surface area is 123 Å². The maximum atomic E-state index is 11.8. The lowest BCUT2D eigenvalue weighted by Gasteiger charge is -2.20. The number of carbonyl (C=O) groups is 4. The number of hydrogen-bond acceptors (Lipinski definition) is 5. The summed E-state index contributed by atoms with van der Waals surface area (Å²) in [5.41, 5.74) is 10.4. The first-order valence-corrected chi connectivity index (χ1v) is 6.52. The highest BCUT2D eigenvalue weighted by atomic mass is 16.2. The highest BCUT2D eigenvalue weighted by molar-refractivity contribution is 5.93. The molecular formula is C12H23N5O4. The van der Waals surface area contributed by atoms with Crippen molar-refractivity contribution in [3.8, 4) is 0 Å². The molecule has 0 aliphatic heterocycles. The molecule has 4 amide bonds. The lowest BCUT2D eigenvalue weighted by molar-refractivity contribution is -0.132. The van der Waals surface area contributed by atoms with Gasteiger partial charge in [-0.2, -0.15) is 0 Å². The minimum absolute atomic E-state index is 0.475. The molecule has 0 bridgehead atoms. The van der Waals surface area contributed by atoms with Crippen LogP contribution in [0.1, 0.15) is 27.7 Å². The molecule has 0 fully saturated rings. The Morgan fingerprint density at radius 3 is 1.38 bits per heavy atom. The van der Waals surface area contributed by atoms with Crippen molar-refractivity contribution in [3.05, 3.63) is 0 Å². The summed E-state index contributed by atoms with van der Waals surface area (Å²) in [6.45, 7) is 5.83. The average molecular weight is 301 g/mol. The molecule has 0 aliphatic carbocycles. The van der Waals surface area contributed by atoms with Crippen molar-refractivity contribution in [2.75, 3.05) is 0 Å². The molecule has 0 spiro atoms. The Bertz CT molecular complexity index is 424. The molecule has 0 heterocycles. The Hall–Kier alpha value is -2.16. The quantitative estimate of drug-likeness (QED) is 0.347. The van der Waals surface area contributed by atoms with Crippen molar-refractivity contribution >= 4 is 23.6 Å². The SMILES string of the molecule is C[C@@H](N)C(=O)N[C@H](C)C(=O)N[C@H](C)C(=O)N[C@H](C)C(N)=O. The summed E-state index contributed by atoms with van der Waals surface area (Å²) in [5.74, 6) is -2.25. The van der Waals surface area contributed by atoms with Gasteiger partial charge in [0.05, 0.1) is 6.04 Å². The van der Waals surface area contributed by atoms with Gasteiger partial charge in [-0.25, -0.2) is 0 Å². The summed E-state index contributed by atoms with van der Waals surface area (Å²) < 4.78 is 0. The van der Waals surface area contributed by atoms with Crippen LogP contribution in [0.5, 0.6) is 0 Å². The van der Waals surface area contributed by atoms with Crippen LogP contribution in [-0.4, -0.2) is 47.8 Å². The smallest absolute Gasteiger partial charge is 0.242 e. The van der Waals surface area contributed by atoms with Gasteiger partial charge in [0.15, 0.2) is 0 Å². The molecule has 0 rings (SSSR count). The van der Waals surface area contributed by atoms with Crippen LogP contribution in [0.25, 0.3) is 0 Å². The molecule has 7 N–H and O–H groups in total. The third-order valence-electron chi connectivity index (χ3n) is 2.70. The Morgan fingerprint density at radius 1 is 0.714 bits per heavy atom. The van der Waals surface area contributed by atoms with Crippen LogP contribution in [0.4, 0.5) is 0 Å². The van der Waals surface area contributed by atoms with Crippen LogP contribution in [0.2, 0.25) is 0 Å². The predicted molar refractivity (Wildman–Crippen MR) is 75.7 cm³/mol. The molecule has 0 aromatic heterocycles. The Kier molecular flexibility index (Phi) is 7.36. The zero-order valence-corrected chi connectivity index (χ0v) is 12.6. The molecule has 0 saturated carbocycles. The number of primary amides is 1. The lowest BCUT2D eigenvalue weighted by Crippen LogP contribution is -2.55. The summed E-state index contributed by atoms with van der Waals surface area (Å²) in [6, 6.07) is -3.30. The molecule has 0 aromatic rings. The fraction of sp³-hybridized carbons (Fsp3) is 0.667. The average Bonchev–Trinajstić information content (AvgIpc) is 2.37. The summed E-state index contributed by atoms with van der Waals surface area (Å²) >= 11 is 0. The van der Waals surface area contributed by atoms with Crippen LogP contribution >= 0.6 is 0 Å². The van der Waals surface area contributed by atoms with Gasteiger partial charge in [-0.05, 0) is 27.7 Å². The number of rotatable bonds is 7. The first-order chi connectivity index (χ1) is 9.56. The summed E-state index contributed by atoms with van der Waals surface area (Å²) in [5, 5.41) is 7.16. The van der Waals surface area contributed by atoms with Gasteiger partial charge in [0.2, 0.25) is 23.6 Å². The maximum absolute atomic E-state index is 11.8. The second kappa shape index (κ2) is 8.20. The van der Waals surface area contributed by atoms with E-state index >= 15 is 0 Å². The van der Waals surface area contributed by atoms with Gasteiger partial charge in [0.1, 0.15) is 18.1 Å². The molecule has 0 aliphatic rings. The third kappa shape index (κ3) is 6.70. The topological polar surface area (TPSA) is 156 Å². The van der Waals surface area contributed by atoms with Crippen molar-refractivity contribution in [1.29, 1.82) is 0 Å². The molecular weight excluding hydrogens is 278 g/mol. The van der Waals surface area contributed by atoms with Crippen LogP contribution in [0.15, 0.2) is 0 Å². The van der Waals surface area contributed by atoms with Crippen LogP contribution in [0.3, 0.4) is 0 Å². The molecule has 4 atom stereocenters. The van der Waals surface area contributed by atoms with E-state index in [0.29, 0.717) is 0 Å². The van der Waals surface area contributed by atoms with Gasteiger partial charge in [-0.1, -0.05) is 0 Å². The molecule has 0 aromatic carbocycles. The van der Waals surface area contributed by atoms with Crippen molar-refractivity contribution in [1.82, 2.24) is 16.0 Å². The number of nitrogens with two attached hydrogens (primary N) is 2. The Morgan fingerprint density at radius 2 is 1.05 bits per heavy atom. The van der Waals surface area contributed by atoms with E-state index in [0.717, 1.165) is 0 Å². The van der Waals surface area contributed by atoms with E-state index in [1.165, 1.54) is 27.7 Å². The largest absolute Gasteiger partial charge is 0.368 e. The maximum Gasteiger partial charge on any atom is 0.242 e. The van der Waals surface area contributed by atoms with Crippen LogP contribution < -0.4 is 27.4 Å². The zero-order valence-electron chi connectivity index (χ0n) is 12.6. The fourth-order valence-electron chi connectivity index (χ4n) is 1.22. The molecule has 0 radical (unpaired) electrons. The number of nitrogens with one attached hydrogen (secondary N) is 3. The van der Waals surface area contributed by atoms with Crippen molar-refractivity contribution < 1.29 is 19.2 Å². The second-order valence-electron chi connectivity index (χ2n) is 4.88. The fourth-order valence-corrected chi connectivity index (χ4v) is 1.22. The molecule has 21 heavy (non-hydrogen) atoms. The van der Waals surface area contributed by atoms with Crippen LogP contribution in [0, 0.1) is 0 Å². The normalized spacial score (nSPS) is 16.0. The molecule has 0 saturated heterocycles. The van der Waals surface area contributed by atoms with E-state index < -0.39 is 47.8 Å². The van der Waals surface area contributed by atoms with Crippen LogP contribution in [-0.2, 0) is 19.2 Å². The monoisotopic (exact) mass is 301 g/mol. The van der Waals surface area contributed by atoms with Crippen molar-refractivity contribution in [3.63, 3.8) is 0 Å². The summed E-state index contributed by atoms with van der Waals surface area (Å²) in [6.07, 6.45) is 0. The van der Waals surface area contributed by atoms with Gasteiger partial charge >= 0.3 is 0 Å². The van der Waals surface area contributed by atoms with E-state index in [1.54, 1.807) is 0 Å². The highest BCUT2D eigenvalue weighted by Crippen LogP contribution is 1.90. The van der Waals surface area contributed by atoms with Gasteiger partial charge in [0, 0.05) is 0 Å². The van der Waals surface area contributed by atoms with E-state index in [1.807, 2.05) is 0 Å². The highest BCUT2D eigenvalue weighted by Gasteiger charge is 2.23. The third-order valence-corrected chi connectivity index (χ3v) is 2.70. The van der Waals surface area contributed by atoms with Gasteiger partial charge in [0.25, 0.3) is 0 Å². The molecule has 120 valence electrons. The summed E-state index contributed by atoms with van der Waals surface area (Å²) in [4.78, 5) is 45.7.